The van der Waals surface area contributed by atoms with Crippen LogP contribution in [0.3, 0.4) is 0 Å². The minimum atomic E-state index is 0.0493. The van der Waals surface area contributed by atoms with Crippen molar-refractivity contribution in [1.29, 1.82) is 0 Å². The summed E-state index contributed by atoms with van der Waals surface area (Å²) in [6, 6.07) is 13.9. The maximum Gasteiger partial charge on any atom is 0.229 e. The highest BCUT2D eigenvalue weighted by molar-refractivity contribution is 9.10. The van der Waals surface area contributed by atoms with Gasteiger partial charge >= 0.3 is 0 Å². The zero-order valence-corrected chi connectivity index (χ0v) is 11.8. The molecule has 0 saturated heterocycles. The molecule has 19 heavy (non-hydrogen) atoms. The lowest BCUT2D eigenvalue weighted by Crippen LogP contribution is -2.15. The number of rotatable bonds is 3. The van der Waals surface area contributed by atoms with E-state index in [1.807, 2.05) is 30.3 Å². The molecule has 4 heteroatoms. The van der Waals surface area contributed by atoms with Crippen LogP contribution in [0.25, 0.3) is 0 Å². The summed E-state index contributed by atoms with van der Waals surface area (Å²) in [4.78, 5) is 16.3. The Hall–Kier alpha value is -1.68. The summed E-state index contributed by atoms with van der Waals surface area (Å²) in [5, 5.41) is 2.87. The summed E-state index contributed by atoms with van der Waals surface area (Å²) < 4.78 is 0.806. The summed E-state index contributed by atoms with van der Waals surface area (Å²) in [7, 11) is 0. The molecule has 1 aromatic carbocycles. The van der Waals surface area contributed by atoms with E-state index in [-0.39, 0.29) is 11.8 Å². The number of amides is 1. The largest absolute Gasteiger partial charge is 0.309 e. The first-order chi connectivity index (χ1) is 9.25. The van der Waals surface area contributed by atoms with Crippen LogP contribution in [0.2, 0.25) is 0 Å². The molecule has 1 N–H and O–H groups in total. The lowest BCUT2D eigenvalue weighted by molar-refractivity contribution is -0.117. The standard InChI is InChI=1S/C15H13BrN2O/c16-13-7-4-8-17-14(13)18-15(19)12-9-11(12)10-5-2-1-3-6-10/h1-8,11-12H,9H2,(H,17,18,19). The van der Waals surface area contributed by atoms with Crippen molar-refractivity contribution >= 4 is 27.7 Å². The minimum absolute atomic E-state index is 0.0493. The van der Waals surface area contributed by atoms with E-state index in [1.165, 1.54) is 5.56 Å². The second-order valence-corrected chi connectivity index (χ2v) is 5.54. The summed E-state index contributed by atoms with van der Waals surface area (Å²) in [5.74, 6) is 1.06. The third kappa shape index (κ3) is 2.68. The van der Waals surface area contributed by atoms with Gasteiger partial charge < -0.3 is 5.32 Å². The molecule has 0 spiro atoms. The number of carbonyl (C=O) groups is 1. The first-order valence-electron chi connectivity index (χ1n) is 6.22. The molecule has 1 aliphatic carbocycles. The molecule has 1 saturated carbocycles. The van der Waals surface area contributed by atoms with Crippen LogP contribution in [0.5, 0.6) is 0 Å². The van der Waals surface area contributed by atoms with Crippen LogP contribution < -0.4 is 5.32 Å². The van der Waals surface area contributed by atoms with Crippen LogP contribution in [0.15, 0.2) is 53.1 Å². The van der Waals surface area contributed by atoms with Crippen molar-refractivity contribution in [2.75, 3.05) is 5.32 Å². The van der Waals surface area contributed by atoms with Gasteiger partial charge in [-0.25, -0.2) is 4.98 Å². The number of benzene rings is 1. The monoisotopic (exact) mass is 316 g/mol. The van der Waals surface area contributed by atoms with E-state index in [4.69, 9.17) is 0 Å². The van der Waals surface area contributed by atoms with Gasteiger partial charge in [0.2, 0.25) is 5.91 Å². The Labute approximate surface area is 120 Å². The maximum atomic E-state index is 12.1. The number of hydrogen-bond donors (Lipinski definition) is 1. The van der Waals surface area contributed by atoms with Gasteiger partial charge in [0.05, 0.1) is 4.47 Å². The number of nitrogens with one attached hydrogen (secondary N) is 1. The van der Waals surface area contributed by atoms with Crippen molar-refractivity contribution < 1.29 is 4.79 Å². The average Bonchev–Trinajstić information content (AvgIpc) is 3.23. The van der Waals surface area contributed by atoms with Crippen LogP contribution >= 0.6 is 15.9 Å². The first-order valence-corrected chi connectivity index (χ1v) is 7.01. The lowest BCUT2D eigenvalue weighted by Gasteiger charge is -2.05. The number of halogens is 1. The Morgan fingerprint density at radius 1 is 1.21 bits per heavy atom. The van der Waals surface area contributed by atoms with Crippen molar-refractivity contribution in [3.63, 3.8) is 0 Å². The van der Waals surface area contributed by atoms with Crippen molar-refractivity contribution in [1.82, 2.24) is 4.98 Å². The Kier molecular flexibility index (Phi) is 3.34. The van der Waals surface area contributed by atoms with Crippen LogP contribution in [-0.2, 0) is 4.79 Å². The predicted molar refractivity (Wildman–Crippen MR) is 77.9 cm³/mol. The molecule has 0 aliphatic heterocycles. The lowest BCUT2D eigenvalue weighted by atomic mass is 10.1. The topological polar surface area (TPSA) is 42.0 Å². The molecule has 1 heterocycles. The maximum absolute atomic E-state index is 12.1. The van der Waals surface area contributed by atoms with E-state index in [9.17, 15) is 4.79 Å². The Morgan fingerprint density at radius 2 is 2.00 bits per heavy atom. The van der Waals surface area contributed by atoms with Gasteiger partial charge in [0.25, 0.3) is 0 Å². The summed E-state index contributed by atoms with van der Waals surface area (Å²) in [5.41, 5.74) is 1.24. The molecule has 2 atom stereocenters. The van der Waals surface area contributed by atoms with Gasteiger partial charge in [-0.15, -0.1) is 0 Å². The molecule has 1 aromatic heterocycles. The Balaban J connectivity index is 1.66. The minimum Gasteiger partial charge on any atom is -0.309 e. The first kappa shape index (κ1) is 12.4. The van der Waals surface area contributed by atoms with Gasteiger partial charge in [-0.1, -0.05) is 30.3 Å². The average molecular weight is 317 g/mol. The molecule has 1 aliphatic rings. The molecule has 2 unspecified atom stereocenters. The van der Waals surface area contributed by atoms with E-state index < -0.39 is 0 Å². The number of nitrogens with zero attached hydrogens (tertiary/aromatic N) is 1. The van der Waals surface area contributed by atoms with Gasteiger partial charge in [-0.3, -0.25) is 4.79 Å². The summed E-state index contributed by atoms with van der Waals surface area (Å²) in [6.45, 7) is 0. The van der Waals surface area contributed by atoms with E-state index in [0.29, 0.717) is 11.7 Å². The highest BCUT2D eigenvalue weighted by Crippen LogP contribution is 2.47. The third-order valence-electron chi connectivity index (χ3n) is 3.36. The molecule has 1 fully saturated rings. The highest BCUT2D eigenvalue weighted by Gasteiger charge is 2.43. The van der Waals surface area contributed by atoms with E-state index in [1.54, 1.807) is 6.20 Å². The third-order valence-corrected chi connectivity index (χ3v) is 3.99. The highest BCUT2D eigenvalue weighted by atomic mass is 79.9. The number of aromatic nitrogens is 1. The van der Waals surface area contributed by atoms with E-state index in [2.05, 4.69) is 38.4 Å². The fourth-order valence-electron chi connectivity index (χ4n) is 2.24. The zero-order valence-electron chi connectivity index (χ0n) is 10.2. The van der Waals surface area contributed by atoms with Crippen LogP contribution in [0.1, 0.15) is 17.9 Å². The molecule has 0 bridgehead atoms. The Bertz CT molecular complexity index is 600. The van der Waals surface area contributed by atoms with Crippen molar-refractivity contribution in [2.24, 2.45) is 5.92 Å². The fraction of sp³-hybridized carbons (Fsp3) is 0.200. The molecule has 2 aromatic rings. The number of pyridine rings is 1. The van der Waals surface area contributed by atoms with Gasteiger partial charge in [0.15, 0.2) is 0 Å². The second kappa shape index (κ2) is 5.13. The molecule has 96 valence electrons. The van der Waals surface area contributed by atoms with Crippen LogP contribution in [-0.4, -0.2) is 10.9 Å². The molecular weight excluding hydrogens is 304 g/mol. The normalized spacial score (nSPS) is 20.9. The zero-order chi connectivity index (χ0) is 13.2. The molecule has 0 radical (unpaired) electrons. The van der Waals surface area contributed by atoms with Gasteiger partial charge in [0, 0.05) is 12.1 Å². The van der Waals surface area contributed by atoms with Crippen molar-refractivity contribution in [2.45, 2.75) is 12.3 Å². The van der Waals surface area contributed by atoms with Crippen molar-refractivity contribution in [3.05, 3.63) is 58.7 Å². The van der Waals surface area contributed by atoms with Crippen molar-refractivity contribution in [3.8, 4) is 0 Å². The van der Waals surface area contributed by atoms with E-state index in [0.717, 1.165) is 10.9 Å². The van der Waals surface area contributed by atoms with Crippen LogP contribution in [0.4, 0.5) is 5.82 Å². The predicted octanol–water partition coefficient (Wildman–Crippen LogP) is 3.59. The van der Waals surface area contributed by atoms with Gasteiger partial charge in [-0.2, -0.15) is 0 Å². The molecule has 3 nitrogen and oxygen atoms in total. The van der Waals surface area contributed by atoms with Gasteiger partial charge in [0.1, 0.15) is 5.82 Å². The molecular formula is C15H13BrN2O. The van der Waals surface area contributed by atoms with E-state index >= 15 is 0 Å². The summed E-state index contributed by atoms with van der Waals surface area (Å²) in [6.07, 6.45) is 2.59. The summed E-state index contributed by atoms with van der Waals surface area (Å²) >= 11 is 3.38. The number of hydrogen-bond acceptors (Lipinski definition) is 2. The SMILES string of the molecule is O=C(Nc1ncccc1Br)C1CC1c1ccccc1. The number of carbonyl (C=O) groups excluding carboxylic acids is 1. The molecule has 3 rings (SSSR count). The second-order valence-electron chi connectivity index (χ2n) is 4.68. The van der Waals surface area contributed by atoms with Gasteiger partial charge in [-0.05, 0) is 46.0 Å². The number of anilines is 1. The quantitative estimate of drug-likeness (QED) is 0.940. The molecule has 1 amide bonds. The fourth-order valence-corrected chi connectivity index (χ4v) is 2.59. The van der Waals surface area contributed by atoms with Crippen LogP contribution in [0, 0.1) is 5.92 Å². The Morgan fingerprint density at radius 3 is 2.74 bits per heavy atom. The smallest absolute Gasteiger partial charge is 0.229 e.